The lowest BCUT2D eigenvalue weighted by Gasteiger charge is -2.35. The fourth-order valence-electron chi connectivity index (χ4n) is 2.45. The van der Waals surface area contributed by atoms with Gasteiger partial charge >= 0.3 is 0 Å². The molecule has 1 fully saturated rings. The van der Waals surface area contributed by atoms with E-state index >= 15 is 0 Å². The Balaban J connectivity index is 2.03. The molecule has 0 amide bonds. The SMILES string of the molecule is CCCNC1CCCN(c2ccc(Cl)cc2I)C1. The summed E-state index contributed by atoms with van der Waals surface area (Å²) in [6, 6.07) is 6.81. The monoisotopic (exact) mass is 378 g/mol. The molecule has 0 bridgehead atoms. The number of piperidine rings is 1. The first-order valence-electron chi connectivity index (χ1n) is 6.64. The lowest BCUT2D eigenvalue weighted by Crippen LogP contribution is -2.46. The standard InChI is InChI=1S/C14H20ClIN2/c1-2-7-17-12-4-3-8-18(10-12)14-6-5-11(15)9-13(14)16/h5-6,9,12,17H,2-4,7-8,10H2,1H3. The maximum atomic E-state index is 6.02. The van der Waals surface area contributed by atoms with Gasteiger partial charge in [-0.3, -0.25) is 0 Å². The van der Waals surface area contributed by atoms with Crippen molar-refractivity contribution in [3.63, 3.8) is 0 Å². The van der Waals surface area contributed by atoms with Crippen molar-refractivity contribution in [2.45, 2.75) is 32.2 Å². The summed E-state index contributed by atoms with van der Waals surface area (Å²) >= 11 is 8.40. The van der Waals surface area contributed by atoms with E-state index in [1.54, 1.807) is 0 Å². The number of hydrogen-bond donors (Lipinski definition) is 1. The zero-order valence-corrected chi connectivity index (χ0v) is 13.7. The number of benzene rings is 1. The predicted molar refractivity (Wildman–Crippen MR) is 87.7 cm³/mol. The second-order valence-corrected chi connectivity index (χ2v) is 6.43. The third-order valence-electron chi connectivity index (χ3n) is 3.35. The summed E-state index contributed by atoms with van der Waals surface area (Å²) < 4.78 is 1.25. The maximum Gasteiger partial charge on any atom is 0.0503 e. The van der Waals surface area contributed by atoms with Gasteiger partial charge in [0.25, 0.3) is 0 Å². The van der Waals surface area contributed by atoms with E-state index in [2.05, 4.69) is 45.8 Å². The van der Waals surface area contributed by atoms with E-state index in [0.717, 1.165) is 24.7 Å². The largest absolute Gasteiger partial charge is 0.369 e. The molecule has 1 atom stereocenters. The molecule has 0 saturated carbocycles. The number of anilines is 1. The molecular formula is C14H20ClIN2. The van der Waals surface area contributed by atoms with Gasteiger partial charge in [-0.25, -0.2) is 0 Å². The minimum absolute atomic E-state index is 0.630. The van der Waals surface area contributed by atoms with Crippen LogP contribution < -0.4 is 10.2 Å². The quantitative estimate of drug-likeness (QED) is 0.799. The van der Waals surface area contributed by atoms with Crippen molar-refractivity contribution in [3.8, 4) is 0 Å². The van der Waals surface area contributed by atoms with Crippen molar-refractivity contribution in [3.05, 3.63) is 26.8 Å². The number of nitrogens with zero attached hydrogens (tertiary/aromatic N) is 1. The van der Waals surface area contributed by atoms with Crippen LogP contribution in [0.2, 0.25) is 5.02 Å². The van der Waals surface area contributed by atoms with Gasteiger partial charge in [-0.15, -0.1) is 0 Å². The van der Waals surface area contributed by atoms with Gasteiger partial charge in [-0.2, -0.15) is 0 Å². The first-order valence-corrected chi connectivity index (χ1v) is 8.09. The lowest BCUT2D eigenvalue weighted by atomic mass is 10.0. The summed E-state index contributed by atoms with van der Waals surface area (Å²) in [5.74, 6) is 0. The number of nitrogens with one attached hydrogen (secondary N) is 1. The highest BCUT2D eigenvalue weighted by Gasteiger charge is 2.20. The van der Waals surface area contributed by atoms with E-state index in [9.17, 15) is 0 Å². The van der Waals surface area contributed by atoms with Gasteiger partial charge in [0.05, 0.1) is 5.69 Å². The van der Waals surface area contributed by atoms with Gasteiger partial charge in [0.15, 0.2) is 0 Å². The Kier molecular flexibility index (Phi) is 5.57. The second-order valence-electron chi connectivity index (χ2n) is 4.84. The van der Waals surface area contributed by atoms with E-state index in [0.29, 0.717) is 6.04 Å². The zero-order chi connectivity index (χ0) is 13.0. The van der Waals surface area contributed by atoms with Gasteiger partial charge in [0.1, 0.15) is 0 Å². The lowest BCUT2D eigenvalue weighted by molar-refractivity contribution is 0.423. The van der Waals surface area contributed by atoms with Gasteiger partial charge < -0.3 is 10.2 Å². The molecule has 1 aliphatic heterocycles. The molecule has 0 aliphatic carbocycles. The Bertz CT molecular complexity index is 397. The molecule has 18 heavy (non-hydrogen) atoms. The maximum absolute atomic E-state index is 6.02. The smallest absolute Gasteiger partial charge is 0.0503 e. The van der Waals surface area contributed by atoms with E-state index in [1.807, 2.05) is 12.1 Å². The fourth-order valence-corrected chi connectivity index (χ4v) is 3.66. The molecule has 1 unspecified atom stereocenters. The van der Waals surface area contributed by atoms with Crippen molar-refractivity contribution >= 4 is 39.9 Å². The minimum Gasteiger partial charge on any atom is -0.369 e. The van der Waals surface area contributed by atoms with Gasteiger partial charge in [-0.1, -0.05) is 18.5 Å². The highest BCUT2D eigenvalue weighted by atomic mass is 127. The van der Waals surface area contributed by atoms with Crippen LogP contribution >= 0.6 is 34.2 Å². The van der Waals surface area contributed by atoms with E-state index < -0.39 is 0 Å². The van der Waals surface area contributed by atoms with Crippen molar-refractivity contribution in [2.24, 2.45) is 0 Å². The van der Waals surface area contributed by atoms with Crippen LogP contribution in [0.4, 0.5) is 5.69 Å². The Hall–Kier alpha value is -0.000000000000000111. The topological polar surface area (TPSA) is 15.3 Å². The summed E-state index contributed by atoms with van der Waals surface area (Å²) in [6.45, 7) is 5.60. The molecule has 2 nitrogen and oxygen atoms in total. The molecule has 100 valence electrons. The normalized spacial score (nSPS) is 20.2. The zero-order valence-electron chi connectivity index (χ0n) is 10.8. The third-order valence-corrected chi connectivity index (χ3v) is 4.45. The molecule has 1 aliphatic rings. The first-order chi connectivity index (χ1) is 8.70. The molecule has 0 spiro atoms. The molecule has 1 heterocycles. The van der Waals surface area contributed by atoms with Crippen LogP contribution in [0.5, 0.6) is 0 Å². The van der Waals surface area contributed by atoms with E-state index in [4.69, 9.17) is 11.6 Å². The van der Waals surface area contributed by atoms with Crippen LogP contribution in [0.15, 0.2) is 18.2 Å². The summed E-state index contributed by atoms with van der Waals surface area (Å²) in [4.78, 5) is 2.48. The average Bonchev–Trinajstić information content (AvgIpc) is 2.36. The van der Waals surface area contributed by atoms with Crippen LogP contribution in [0.25, 0.3) is 0 Å². The Labute approximate surface area is 128 Å². The van der Waals surface area contributed by atoms with Crippen molar-refractivity contribution in [2.75, 3.05) is 24.5 Å². The van der Waals surface area contributed by atoms with E-state index in [-0.39, 0.29) is 0 Å². The van der Waals surface area contributed by atoms with Crippen molar-refractivity contribution in [1.29, 1.82) is 0 Å². The van der Waals surface area contributed by atoms with Crippen LogP contribution in [-0.2, 0) is 0 Å². The summed E-state index contributed by atoms with van der Waals surface area (Å²) in [5, 5.41) is 4.45. The van der Waals surface area contributed by atoms with Crippen LogP contribution in [0.3, 0.4) is 0 Å². The molecule has 2 rings (SSSR count). The Morgan fingerprint density at radius 3 is 3.06 bits per heavy atom. The first kappa shape index (κ1) is 14.4. The van der Waals surface area contributed by atoms with Gasteiger partial charge in [-0.05, 0) is 66.6 Å². The number of rotatable bonds is 4. The molecule has 0 radical (unpaired) electrons. The molecule has 4 heteroatoms. The average molecular weight is 379 g/mol. The van der Waals surface area contributed by atoms with Crippen LogP contribution in [0, 0.1) is 3.57 Å². The summed E-state index contributed by atoms with van der Waals surface area (Å²) in [5.41, 5.74) is 1.32. The number of hydrogen-bond acceptors (Lipinski definition) is 2. The highest BCUT2D eigenvalue weighted by molar-refractivity contribution is 14.1. The highest BCUT2D eigenvalue weighted by Crippen LogP contribution is 2.28. The molecule has 1 aromatic rings. The van der Waals surface area contributed by atoms with Gasteiger partial charge in [0.2, 0.25) is 0 Å². The molecule has 0 aromatic heterocycles. The van der Waals surface area contributed by atoms with E-state index in [1.165, 1.54) is 28.5 Å². The summed E-state index contributed by atoms with van der Waals surface area (Å²) in [6.07, 6.45) is 3.76. The van der Waals surface area contributed by atoms with Gasteiger partial charge in [0, 0.05) is 27.7 Å². The van der Waals surface area contributed by atoms with Crippen LogP contribution in [-0.4, -0.2) is 25.7 Å². The fraction of sp³-hybridized carbons (Fsp3) is 0.571. The molecule has 1 aromatic carbocycles. The summed E-state index contributed by atoms with van der Waals surface area (Å²) in [7, 11) is 0. The molecule has 1 saturated heterocycles. The van der Waals surface area contributed by atoms with Crippen LogP contribution in [0.1, 0.15) is 26.2 Å². The Morgan fingerprint density at radius 2 is 2.33 bits per heavy atom. The third kappa shape index (κ3) is 3.75. The minimum atomic E-state index is 0.630. The Morgan fingerprint density at radius 1 is 1.50 bits per heavy atom. The predicted octanol–water partition coefficient (Wildman–Crippen LogP) is 3.91. The molecule has 1 N–H and O–H groups in total. The molecular weight excluding hydrogens is 359 g/mol. The number of halogens is 2. The second kappa shape index (κ2) is 6.96. The van der Waals surface area contributed by atoms with Crippen molar-refractivity contribution in [1.82, 2.24) is 5.32 Å². The van der Waals surface area contributed by atoms with Crippen molar-refractivity contribution < 1.29 is 0 Å².